The van der Waals surface area contributed by atoms with E-state index in [4.69, 9.17) is 25.5 Å². The van der Waals surface area contributed by atoms with Crippen molar-refractivity contribution in [1.29, 1.82) is 0 Å². The Labute approximate surface area is 206 Å². The summed E-state index contributed by atoms with van der Waals surface area (Å²) in [5.41, 5.74) is 1.85. The summed E-state index contributed by atoms with van der Waals surface area (Å²) in [4.78, 5) is 37.2. The van der Waals surface area contributed by atoms with Gasteiger partial charge < -0.3 is 19.2 Å². The van der Waals surface area contributed by atoms with E-state index in [-0.39, 0.29) is 6.54 Å². The van der Waals surface area contributed by atoms with E-state index in [9.17, 15) is 14.4 Å². The van der Waals surface area contributed by atoms with Crippen LogP contribution < -0.4 is 10.1 Å². The number of amides is 2. The maximum atomic E-state index is 12.9. The van der Waals surface area contributed by atoms with Crippen molar-refractivity contribution in [2.75, 3.05) is 20.3 Å². The molecular weight excluding hydrogens is 474 g/mol. The molecule has 0 aliphatic carbocycles. The minimum atomic E-state index is -0.754. The number of hydrogen-bond donors (Lipinski definition) is 1. The molecule has 3 aromatic rings. The lowest BCUT2D eigenvalue weighted by atomic mass is 10.0. The van der Waals surface area contributed by atoms with Gasteiger partial charge in [0.05, 0.1) is 19.1 Å². The third-order valence-electron chi connectivity index (χ3n) is 5.32. The first-order valence-corrected chi connectivity index (χ1v) is 11.1. The fraction of sp³-hybridized carbons (Fsp3) is 0.200. The van der Waals surface area contributed by atoms with Gasteiger partial charge in [-0.1, -0.05) is 23.7 Å². The van der Waals surface area contributed by atoms with Gasteiger partial charge >= 0.3 is 5.97 Å². The van der Waals surface area contributed by atoms with Crippen LogP contribution in [0, 0.1) is 0 Å². The summed E-state index contributed by atoms with van der Waals surface area (Å²) in [5.74, 6) is -0.563. The number of nitrogens with one attached hydrogen (secondary N) is 1. The number of rotatable bonds is 8. The van der Waals surface area contributed by atoms with Gasteiger partial charge in [-0.3, -0.25) is 14.4 Å². The molecule has 2 heterocycles. The Balaban J connectivity index is 1.35. The van der Waals surface area contributed by atoms with Crippen molar-refractivity contribution in [1.82, 2.24) is 10.3 Å². The molecule has 35 heavy (non-hydrogen) atoms. The molecule has 0 fully saturated rings. The number of hydrazone groups is 1. The van der Waals surface area contributed by atoms with Crippen molar-refractivity contribution in [2.45, 2.75) is 12.5 Å². The number of ether oxygens (including phenoxy) is 2. The monoisotopic (exact) mass is 495 g/mol. The average Bonchev–Trinajstić information content (AvgIpc) is 3.57. The van der Waals surface area contributed by atoms with Crippen LogP contribution in [0.15, 0.2) is 76.4 Å². The van der Waals surface area contributed by atoms with Crippen molar-refractivity contribution in [3.8, 4) is 5.75 Å². The normalized spacial score (nSPS) is 14.9. The smallest absolute Gasteiger partial charge is 0.325 e. The Morgan fingerprint density at radius 3 is 2.51 bits per heavy atom. The van der Waals surface area contributed by atoms with Gasteiger partial charge in [-0.25, -0.2) is 5.01 Å². The van der Waals surface area contributed by atoms with Crippen molar-refractivity contribution in [2.24, 2.45) is 5.10 Å². The summed E-state index contributed by atoms with van der Waals surface area (Å²) in [6.45, 7) is -0.926. The SMILES string of the molecule is COc1ccc(C(=O)NCC(=O)OCC(=O)N2N=C(c3ccc(Cl)cc3)CC2c2ccco2)cc1. The molecule has 0 saturated heterocycles. The molecule has 1 N–H and O–H groups in total. The quantitative estimate of drug-likeness (QED) is 0.478. The molecule has 2 aromatic carbocycles. The Hall–Kier alpha value is -4.11. The topological polar surface area (TPSA) is 110 Å². The first-order chi connectivity index (χ1) is 16.9. The molecule has 10 heteroatoms. The van der Waals surface area contributed by atoms with Crippen molar-refractivity contribution in [3.05, 3.63) is 88.8 Å². The lowest BCUT2D eigenvalue weighted by Crippen LogP contribution is -2.34. The van der Waals surface area contributed by atoms with Crippen LogP contribution in [0.4, 0.5) is 0 Å². The summed E-state index contributed by atoms with van der Waals surface area (Å²) in [7, 11) is 1.52. The lowest BCUT2D eigenvalue weighted by molar-refractivity contribution is -0.152. The highest BCUT2D eigenvalue weighted by Crippen LogP contribution is 2.33. The molecule has 1 atom stereocenters. The van der Waals surface area contributed by atoms with E-state index in [1.165, 1.54) is 18.4 Å². The number of methoxy groups -OCH3 is 1. The van der Waals surface area contributed by atoms with Crippen LogP contribution in [-0.2, 0) is 14.3 Å². The number of carbonyl (C=O) groups is 3. The Bertz CT molecular complexity index is 1220. The van der Waals surface area contributed by atoms with Crippen LogP contribution in [0.2, 0.25) is 5.02 Å². The number of carbonyl (C=O) groups excluding carboxylic acids is 3. The van der Waals surface area contributed by atoms with Crippen molar-refractivity contribution < 1.29 is 28.3 Å². The van der Waals surface area contributed by atoms with Gasteiger partial charge in [0.25, 0.3) is 11.8 Å². The minimum Gasteiger partial charge on any atom is -0.497 e. The molecule has 1 aliphatic heterocycles. The number of benzene rings is 2. The van der Waals surface area contributed by atoms with E-state index in [2.05, 4.69) is 10.4 Å². The minimum absolute atomic E-state index is 0.358. The van der Waals surface area contributed by atoms with Gasteiger partial charge in [0.2, 0.25) is 0 Å². The van der Waals surface area contributed by atoms with Gasteiger partial charge in [-0.05, 0) is 54.1 Å². The lowest BCUT2D eigenvalue weighted by Gasteiger charge is -2.19. The molecule has 1 unspecified atom stereocenters. The van der Waals surface area contributed by atoms with Crippen LogP contribution in [0.1, 0.15) is 34.1 Å². The molecule has 0 saturated carbocycles. The van der Waals surface area contributed by atoms with Gasteiger partial charge in [-0.2, -0.15) is 5.10 Å². The predicted octanol–water partition coefficient (Wildman–Crippen LogP) is 3.59. The predicted molar refractivity (Wildman–Crippen MR) is 127 cm³/mol. The van der Waals surface area contributed by atoms with Crippen LogP contribution in [0.25, 0.3) is 0 Å². The van der Waals surface area contributed by atoms with Crippen molar-refractivity contribution in [3.63, 3.8) is 0 Å². The maximum absolute atomic E-state index is 12.9. The molecule has 1 aliphatic rings. The average molecular weight is 496 g/mol. The number of hydrogen-bond acceptors (Lipinski definition) is 7. The van der Waals surface area contributed by atoms with Gasteiger partial charge in [0, 0.05) is 17.0 Å². The highest BCUT2D eigenvalue weighted by Gasteiger charge is 2.35. The van der Waals surface area contributed by atoms with Crippen LogP contribution in [-0.4, -0.2) is 48.8 Å². The van der Waals surface area contributed by atoms with E-state index < -0.39 is 30.4 Å². The van der Waals surface area contributed by atoms with Crippen LogP contribution in [0.5, 0.6) is 5.75 Å². The van der Waals surface area contributed by atoms with Gasteiger partial charge in [0.15, 0.2) is 6.61 Å². The van der Waals surface area contributed by atoms with Gasteiger partial charge in [0.1, 0.15) is 24.1 Å². The molecular formula is C25H22ClN3O6. The van der Waals surface area contributed by atoms with Gasteiger partial charge in [-0.15, -0.1) is 0 Å². The Morgan fingerprint density at radius 1 is 1.11 bits per heavy atom. The Kier molecular flexibility index (Phi) is 7.47. The highest BCUT2D eigenvalue weighted by molar-refractivity contribution is 6.30. The zero-order chi connectivity index (χ0) is 24.8. The summed E-state index contributed by atoms with van der Waals surface area (Å²) >= 11 is 5.97. The largest absolute Gasteiger partial charge is 0.497 e. The molecule has 0 radical (unpaired) electrons. The van der Waals surface area contributed by atoms with E-state index in [1.807, 2.05) is 12.1 Å². The highest BCUT2D eigenvalue weighted by atomic mass is 35.5. The fourth-order valence-electron chi connectivity index (χ4n) is 3.52. The number of halogens is 1. The molecule has 0 bridgehead atoms. The summed E-state index contributed by atoms with van der Waals surface area (Å²) in [6.07, 6.45) is 1.94. The standard InChI is InChI=1S/C25H22ClN3O6/c1-33-19-10-6-17(7-11-19)25(32)27-14-24(31)35-15-23(30)29-21(22-3-2-12-34-22)13-20(28-29)16-4-8-18(26)9-5-16/h2-12,21H,13-15H2,1H3,(H,27,32). The number of furan rings is 1. The van der Waals surface area contributed by atoms with E-state index in [0.717, 1.165) is 5.56 Å². The summed E-state index contributed by atoms with van der Waals surface area (Å²) in [6, 6.07) is 16.5. The number of nitrogens with zero attached hydrogens (tertiary/aromatic N) is 2. The second-order valence-electron chi connectivity index (χ2n) is 7.60. The maximum Gasteiger partial charge on any atom is 0.325 e. The first-order valence-electron chi connectivity index (χ1n) is 10.7. The molecule has 2 amide bonds. The zero-order valence-corrected chi connectivity index (χ0v) is 19.5. The third-order valence-corrected chi connectivity index (χ3v) is 5.57. The first kappa shape index (κ1) is 24.0. The van der Waals surface area contributed by atoms with Crippen LogP contribution >= 0.6 is 11.6 Å². The molecule has 9 nitrogen and oxygen atoms in total. The van der Waals surface area contributed by atoms with E-state index in [1.54, 1.807) is 48.5 Å². The van der Waals surface area contributed by atoms with Crippen LogP contribution in [0.3, 0.4) is 0 Å². The van der Waals surface area contributed by atoms with E-state index >= 15 is 0 Å². The molecule has 0 spiro atoms. The van der Waals surface area contributed by atoms with E-state index in [0.29, 0.717) is 34.2 Å². The summed E-state index contributed by atoms with van der Waals surface area (Å²) in [5, 5.41) is 8.77. The number of esters is 1. The zero-order valence-electron chi connectivity index (χ0n) is 18.8. The van der Waals surface area contributed by atoms with Crippen molar-refractivity contribution >= 4 is 35.1 Å². The second-order valence-corrected chi connectivity index (χ2v) is 8.04. The fourth-order valence-corrected chi connectivity index (χ4v) is 3.64. The second kappa shape index (κ2) is 10.9. The molecule has 1 aromatic heterocycles. The third kappa shape index (κ3) is 5.88. The Morgan fingerprint density at radius 2 is 1.86 bits per heavy atom. The molecule has 4 rings (SSSR count). The molecule has 180 valence electrons. The summed E-state index contributed by atoms with van der Waals surface area (Å²) < 4.78 is 15.6.